The van der Waals surface area contributed by atoms with Crippen LogP contribution < -0.4 is 0 Å². The summed E-state index contributed by atoms with van der Waals surface area (Å²) in [6.07, 6.45) is 18.0. The molecule has 0 spiro atoms. The van der Waals surface area contributed by atoms with Gasteiger partial charge in [0.05, 0.1) is 6.61 Å². The van der Waals surface area contributed by atoms with Crippen LogP contribution in [0.25, 0.3) is 0 Å². The summed E-state index contributed by atoms with van der Waals surface area (Å²) in [7, 11) is 0. The van der Waals surface area contributed by atoms with Crippen molar-refractivity contribution in [2.24, 2.45) is 5.41 Å². The van der Waals surface area contributed by atoms with Crippen molar-refractivity contribution < 1.29 is 4.74 Å². The van der Waals surface area contributed by atoms with Crippen molar-refractivity contribution in [3.63, 3.8) is 0 Å². The van der Waals surface area contributed by atoms with Gasteiger partial charge in [0.15, 0.2) is 0 Å². The Morgan fingerprint density at radius 1 is 1.25 bits per heavy atom. The zero-order chi connectivity index (χ0) is 20.8. The second-order valence-electron chi connectivity index (χ2n) is 8.10. The van der Waals surface area contributed by atoms with Crippen LogP contribution in [0.2, 0.25) is 0 Å². The molecule has 0 aromatic rings. The molecule has 0 aromatic carbocycles. The highest BCUT2D eigenvalue weighted by atomic mass is 32.2. The van der Waals surface area contributed by atoms with Gasteiger partial charge in [0, 0.05) is 17.8 Å². The van der Waals surface area contributed by atoms with E-state index < -0.39 is 0 Å². The highest BCUT2D eigenvalue weighted by Gasteiger charge is 2.26. The first-order valence-electron chi connectivity index (χ1n) is 10.3. The van der Waals surface area contributed by atoms with Crippen LogP contribution in [-0.4, -0.2) is 19.0 Å². The van der Waals surface area contributed by atoms with Gasteiger partial charge in [-0.1, -0.05) is 73.6 Å². The van der Waals surface area contributed by atoms with Crippen molar-refractivity contribution >= 4 is 11.8 Å². The van der Waals surface area contributed by atoms with Crippen LogP contribution in [0.4, 0.5) is 0 Å². The molecule has 1 nitrogen and oxygen atoms in total. The molecule has 0 unspecified atom stereocenters. The fourth-order valence-electron chi connectivity index (χ4n) is 3.34. The molecule has 0 heterocycles. The van der Waals surface area contributed by atoms with E-state index in [1.54, 1.807) is 17.3 Å². The lowest BCUT2D eigenvalue weighted by atomic mass is 9.72. The predicted octanol–water partition coefficient (Wildman–Crippen LogP) is 7.96. The molecule has 0 aliphatic heterocycles. The summed E-state index contributed by atoms with van der Waals surface area (Å²) in [6, 6.07) is 0. The summed E-state index contributed by atoms with van der Waals surface area (Å²) in [4.78, 5) is 0. The maximum Gasteiger partial charge on any atom is 0.0653 e. The van der Waals surface area contributed by atoms with Crippen molar-refractivity contribution in [2.45, 2.75) is 60.3 Å². The molecule has 0 bridgehead atoms. The molecule has 0 radical (unpaired) electrons. The van der Waals surface area contributed by atoms with E-state index in [2.05, 4.69) is 83.4 Å². The zero-order valence-corrected chi connectivity index (χ0v) is 19.3. The minimum Gasteiger partial charge on any atom is -0.377 e. The Balaban J connectivity index is 2.42. The van der Waals surface area contributed by atoms with Crippen molar-refractivity contribution in [2.75, 3.05) is 19.0 Å². The summed E-state index contributed by atoms with van der Waals surface area (Å²) in [5, 5.41) is 1.90. The third kappa shape index (κ3) is 10.2. The van der Waals surface area contributed by atoms with Gasteiger partial charge in [0.1, 0.15) is 0 Å². The second kappa shape index (κ2) is 13.7. The van der Waals surface area contributed by atoms with Gasteiger partial charge in [0.2, 0.25) is 0 Å². The summed E-state index contributed by atoms with van der Waals surface area (Å²) in [5.74, 6) is 1.05. The van der Waals surface area contributed by atoms with E-state index in [9.17, 15) is 0 Å². The molecule has 0 aromatic heterocycles. The highest BCUT2D eigenvalue weighted by molar-refractivity contribution is 8.02. The number of hydrogen-bond donors (Lipinski definition) is 0. The quantitative estimate of drug-likeness (QED) is 0.198. The Morgan fingerprint density at radius 2 is 2.04 bits per heavy atom. The Hall–Kier alpha value is -1.47. The van der Waals surface area contributed by atoms with Crippen LogP contribution in [0.1, 0.15) is 60.3 Å². The van der Waals surface area contributed by atoms with E-state index in [-0.39, 0.29) is 0 Å². The van der Waals surface area contributed by atoms with Gasteiger partial charge in [-0.25, -0.2) is 0 Å². The van der Waals surface area contributed by atoms with Gasteiger partial charge in [-0.3, -0.25) is 0 Å². The number of thioether (sulfide) groups is 1. The summed E-state index contributed by atoms with van der Waals surface area (Å²) >= 11 is 1.72. The standard InChI is InChI=1S/C26H38OS/c1-7-20-28-21-10-18-27-19-16-23(3)12-8-11-22(2)14-15-25-24(4)13-9-17-26(25,5)6/h8,11-12,14-16,20H,1,9-10,13,17-19,21H2,2-6H3. The number of rotatable bonds is 11. The molecule has 0 fully saturated rings. The lowest BCUT2D eigenvalue weighted by Crippen LogP contribution is -2.19. The normalized spacial score (nSPS) is 18.2. The van der Waals surface area contributed by atoms with Crippen LogP contribution in [0.3, 0.4) is 0 Å². The first-order valence-corrected chi connectivity index (χ1v) is 11.4. The predicted molar refractivity (Wildman–Crippen MR) is 128 cm³/mol. The van der Waals surface area contributed by atoms with Gasteiger partial charge in [-0.05, 0) is 57.4 Å². The average molecular weight is 399 g/mol. The largest absolute Gasteiger partial charge is 0.377 e. The van der Waals surface area contributed by atoms with Crippen molar-refractivity contribution in [3.8, 4) is 0 Å². The minimum absolute atomic E-state index is 0.301. The zero-order valence-electron chi connectivity index (χ0n) is 18.5. The molecular weight excluding hydrogens is 360 g/mol. The van der Waals surface area contributed by atoms with E-state index in [0.29, 0.717) is 12.0 Å². The number of hydrogen-bond acceptors (Lipinski definition) is 2. The maximum absolute atomic E-state index is 5.64. The molecule has 2 heteroatoms. The Labute approximate surface area is 177 Å². The summed E-state index contributed by atoms with van der Waals surface area (Å²) < 4.78 is 5.64. The molecule has 0 atom stereocenters. The van der Waals surface area contributed by atoms with Crippen molar-refractivity contribution in [1.82, 2.24) is 0 Å². The number of ether oxygens (including phenoxy) is 1. The first-order chi connectivity index (χ1) is 13.4. The lowest BCUT2D eigenvalue weighted by molar-refractivity contribution is 0.163. The second-order valence-corrected chi connectivity index (χ2v) is 9.08. The van der Waals surface area contributed by atoms with Crippen LogP contribution in [0.15, 0.2) is 76.5 Å². The van der Waals surface area contributed by atoms with Crippen LogP contribution in [-0.2, 0) is 4.74 Å². The Bertz CT molecular complexity index is 679. The van der Waals surface area contributed by atoms with Gasteiger partial charge in [0.25, 0.3) is 0 Å². The van der Waals surface area contributed by atoms with E-state index >= 15 is 0 Å². The van der Waals surface area contributed by atoms with Gasteiger partial charge in [-0.2, -0.15) is 0 Å². The smallest absolute Gasteiger partial charge is 0.0653 e. The fourth-order valence-corrected chi connectivity index (χ4v) is 3.86. The fraction of sp³-hybridized carbons (Fsp3) is 0.500. The van der Waals surface area contributed by atoms with E-state index in [4.69, 9.17) is 4.74 Å². The molecule has 1 rings (SSSR count). The average Bonchev–Trinajstić information content (AvgIpc) is 2.63. The van der Waals surface area contributed by atoms with E-state index in [1.165, 1.54) is 36.0 Å². The first kappa shape index (κ1) is 24.6. The lowest BCUT2D eigenvalue weighted by Gasteiger charge is -2.32. The monoisotopic (exact) mass is 398 g/mol. The molecule has 28 heavy (non-hydrogen) atoms. The van der Waals surface area contributed by atoms with E-state index in [1.807, 2.05) is 5.41 Å². The Morgan fingerprint density at radius 3 is 2.75 bits per heavy atom. The third-order valence-corrected chi connectivity index (χ3v) is 5.87. The third-order valence-electron chi connectivity index (χ3n) is 5.01. The molecule has 1 aliphatic carbocycles. The summed E-state index contributed by atoms with van der Waals surface area (Å²) in [5.41, 5.74) is 8.62. The Kier molecular flexibility index (Phi) is 12.0. The number of allylic oxidation sites excluding steroid dienone is 9. The van der Waals surface area contributed by atoms with Crippen LogP contribution >= 0.6 is 11.8 Å². The summed E-state index contributed by atoms with van der Waals surface area (Å²) in [6.45, 7) is 16.3. The van der Waals surface area contributed by atoms with Crippen molar-refractivity contribution in [1.29, 1.82) is 0 Å². The van der Waals surface area contributed by atoms with Crippen LogP contribution in [0.5, 0.6) is 0 Å². The molecule has 0 saturated carbocycles. The van der Waals surface area contributed by atoms with Gasteiger partial charge < -0.3 is 4.74 Å². The van der Waals surface area contributed by atoms with Gasteiger partial charge in [-0.15, -0.1) is 17.5 Å². The highest BCUT2D eigenvalue weighted by Crippen LogP contribution is 2.40. The molecule has 0 amide bonds. The topological polar surface area (TPSA) is 9.23 Å². The van der Waals surface area contributed by atoms with Crippen LogP contribution in [0, 0.1) is 5.41 Å². The van der Waals surface area contributed by atoms with Gasteiger partial charge >= 0.3 is 0 Å². The minimum atomic E-state index is 0.301. The van der Waals surface area contributed by atoms with Crippen molar-refractivity contribution in [3.05, 3.63) is 76.5 Å². The molecule has 0 N–H and O–H groups in total. The SMILES string of the molecule is C=C=CSCCCOCC=C(C)C=CC=C(C)C=CC1=C(C)CCCC1(C)C. The molecule has 0 saturated heterocycles. The molecule has 154 valence electrons. The maximum atomic E-state index is 5.64. The van der Waals surface area contributed by atoms with E-state index in [0.717, 1.165) is 18.8 Å². The molecule has 1 aliphatic rings. The molecular formula is C26H38OS.